The molecule has 9 nitrogen and oxygen atoms in total. The number of aromatic nitrogens is 1. The Labute approximate surface area is 210 Å². The van der Waals surface area contributed by atoms with E-state index in [1.54, 1.807) is 7.11 Å². The van der Waals surface area contributed by atoms with Crippen LogP contribution in [-0.2, 0) is 4.74 Å². The predicted molar refractivity (Wildman–Crippen MR) is 136 cm³/mol. The lowest BCUT2D eigenvalue weighted by atomic mass is 10.1. The SMILES string of the molecule is COc1ncc(F)cc1C1COCCN1C1=NC2=CCN(c3ccc(N4CCNCC4)cc3)N2C=C1. The molecule has 6 rings (SSSR count). The Morgan fingerprint density at radius 1 is 1.11 bits per heavy atom. The van der Waals surface area contributed by atoms with Crippen molar-refractivity contribution in [3.63, 3.8) is 0 Å². The molecule has 188 valence electrons. The minimum absolute atomic E-state index is 0.248. The van der Waals surface area contributed by atoms with Gasteiger partial charge in [-0.2, -0.15) is 0 Å². The number of nitrogens with one attached hydrogen (secondary N) is 1. The van der Waals surface area contributed by atoms with Gasteiger partial charge in [-0.1, -0.05) is 0 Å². The summed E-state index contributed by atoms with van der Waals surface area (Å²) in [6.07, 6.45) is 7.33. The molecule has 1 aromatic heterocycles. The van der Waals surface area contributed by atoms with Crippen molar-refractivity contribution in [3.05, 3.63) is 72.1 Å². The maximum Gasteiger partial charge on any atom is 0.218 e. The highest BCUT2D eigenvalue weighted by molar-refractivity contribution is 5.95. The number of piperazine rings is 1. The first kappa shape index (κ1) is 22.8. The van der Waals surface area contributed by atoms with Crippen LogP contribution in [0.5, 0.6) is 5.88 Å². The number of morpholine rings is 1. The summed E-state index contributed by atoms with van der Waals surface area (Å²) in [6.45, 7) is 6.45. The van der Waals surface area contributed by atoms with E-state index in [-0.39, 0.29) is 6.04 Å². The molecule has 2 saturated heterocycles. The fraction of sp³-hybridized carbons (Fsp3) is 0.385. The Morgan fingerprint density at radius 3 is 2.72 bits per heavy atom. The van der Waals surface area contributed by atoms with Crippen molar-refractivity contribution >= 4 is 17.2 Å². The standard InChI is InChI=1S/C26H30FN7O2/c1-35-26-22(16-19(27)17-29-26)23-18-36-15-14-32(23)24-6-11-34-25(30-24)7-10-33(34)21-4-2-20(3-5-21)31-12-8-28-9-13-31/h2-7,11,16-17,23,28H,8-10,12-15,18H2,1H3. The van der Waals surface area contributed by atoms with E-state index in [2.05, 4.69) is 60.5 Å². The van der Waals surface area contributed by atoms with Crippen LogP contribution in [0.2, 0.25) is 0 Å². The first-order chi connectivity index (χ1) is 17.7. The Bertz CT molecular complexity index is 1190. The quantitative estimate of drug-likeness (QED) is 0.700. The number of hydrazine groups is 1. The average molecular weight is 492 g/mol. The lowest BCUT2D eigenvalue weighted by Crippen LogP contribution is -2.44. The summed E-state index contributed by atoms with van der Waals surface area (Å²) in [6, 6.07) is 9.95. The van der Waals surface area contributed by atoms with Crippen molar-refractivity contribution in [1.29, 1.82) is 0 Å². The minimum Gasteiger partial charge on any atom is -0.481 e. The first-order valence-electron chi connectivity index (χ1n) is 12.3. The van der Waals surface area contributed by atoms with Crippen LogP contribution >= 0.6 is 0 Å². The molecule has 36 heavy (non-hydrogen) atoms. The molecular weight excluding hydrogens is 461 g/mol. The summed E-state index contributed by atoms with van der Waals surface area (Å²) in [7, 11) is 1.54. The van der Waals surface area contributed by atoms with E-state index in [9.17, 15) is 4.39 Å². The minimum atomic E-state index is -0.402. The molecule has 4 aliphatic heterocycles. The van der Waals surface area contributed by atoms with Gasteiger partial charge in [0.15, 0.2) is 5.82 Å². The van der Waals surface area contributed by atoms with Crippen molar-refractivity contribution in [2.24, 2.45) is 4.99 Å². The number of rotatable bonds is 4. The van der Waals surface area contributed by atoms with Crippen LogP contribution < -0.4 is 20.0 Å². The second-order valence-corrected chi connectivity index (χ2v) is 9.06. The van der Waals surface area contributed by atoms with Crippen LogP contribution in [0.3, 0.4) is 0 Å². The van der Waals surface area contributed by atoms with Gasteiger partial charge in [0.2, 0.25) is 5.88 Å². The molecule has 2 fully saturated rings. The number of hydrogen-bond acceptors (Lipinski definition) is 9. The third-order valence-electron chi connectivity index (χ3n) is 6.99. The summed E-state index contributed by atoms with van der Waals surface area (Å²) in [5.41, 5.74) is 3.02. The van der Waals surface area contributed by atoms with Crippen molar-refractivity contribution in [2.45, 2.75) is 6.04 Å². The molecule has 5 heterocycles. The fourth-order valence-corrected chi connectivity index (χ4v) is 5.15. The zero-order valence-electron chi connectivity index (χ0n) is 20.3. The van der Waals surface area contributed by atoms with Crippen LogP contribution in [0, 0.1) is 5.82 Å². The van der Waals surface area contributed by atoms with Crippen LogP contribution in [-0.4, -0.2) is 80.3 Å². The molecule has 0 spiro atoms. The van der Waals surface area contributed by atoms with E-state index in [0.29, 0.717) is 31.2 Å². The topological polar surface area (TPSA) is 68.7 Å². The third kappa shape index (κ3) is 4.27. The normalized spacial score (nSPS) is 21.9. The molecular formula is C26H30FN7O2. The smallest absolute Gasteiger partial charge is 0.218 e. The second kappa shape index (κ2) is 9.79. The summed E-state index contributed by atoms with van der Waals surface area (Å²) < 4.78 is 25.2. The van der Waals surface area contributed by atoms with Gasteiger partial charge in [-0.25, -0.2) is 19.4 Å². The predicted octanol–water partition coefficient (Wildman–Crippen LogP) is 2.52. The van der Waals surface area contributed by atoms with Crippen LogP contribution in [0.25, 0.3) is 0 Å². The number of hydrogen-bond donors (Lipinski definition) is 1. The summed E-state index contributed by atoms with van der Waals surface area (Å²) in [4.78, 5) is 13.6. The van der Waals surface area contributed by atoms with E-state index in [0.717, 1.165) is 50.1 Å². The summed E-state index contributed by atoms with van der Waals surface area (Å²) in [5, 5.41) is 7.67. The third-order valence-corrected chi connectivity index (χ3v) is 6.99. The van der Waals surface area contributed by atoms with Gasteiger partial charge in [-0.15, -0.1) is 0 Å². The molecule has 4 aliphatic rings. The van der Waals surface area contributed by atoms with Gasteiger partial charge in [0.05, 0.1) is 44.8 Å². The number of benzene rings is 1. The Balaban J connectivity index is 1.20. The zero-order valence-corrected chi connectivity index (χ0v) is 20.3. The molecule has 0 radical (unpaired) electrons. The van der Waals surface area contributed by atoms with Crippen LogP contribution in [0.4, 0.5) is 15.8 Å². The van der Waals surface area contributed by atoms with Gasteiger partial charge in [0.25, 0.3) is 0 Å². The summed E-state index contributed by atoms with van der Waals surface area (Å²) in [5.74, 6) is 1.68. The average Bonchev–Trinajstić information content (AvgIpc) is 3.37. The highest BCUT2D eigenvalue weighted by Crippen LogP contribution is 2.34. The molecule has 0 saturated carbocycles. The number of ether oxygens (including phenoxy) is 2. The zero-order chi connectivity index (χ0) is 24.5. The number of anilines is 2. The van der Waals surface area contributed by atoms with Crippen molar-refractivity contribution < 1.29 is 13.9 Å². The lowest BCUT2D eigenvalue weighted by molar-refractivity contribution is 0.0249. The molecule has 1 atom stereocenters. The molecule has 1 unspecified atom stereocenters. The fourth-order valence-electron chi connectivity index (χ4n) is 5.15. The van der Waals surface area contributed by atoms with Crippen LogP contribution in [0.15, 0.2) is 65.7 Å². The molecule has 0 bridgehead atoms. The number of nitrogens with zero attached hydrogens (tertiary/aromatic N) is 6. The lowest BCUT2D eigenvalue weighted by Gasteiger charge is -2.39. The maximum absolute atomic E-state index is 14.1. The largest absolute Gasteiger partial charge is 0.481 e. The molecule has 0 amide bonds. The number of halogens is 1. The number of pyridine rings is 1. The van der Waals surface area contributed by atoms with Gasteiger partial charge in [0, 0.05) is 50.2 Å². The monoisotopic (exact) mass is 491 g/mol. The molecule has 10 heteroatoms. The highest BCUT2D eigenvalue weighted by Gasteiger charge is 2.33. The van der Waals surface area contributed by atoms with E-state index >= 15 is 0 Å². The van der Waals surface area contributed by atoms with Gasteiger partial charge in [-0.3, -0.25) is 5.01 Å². The van der Waals surface area contributed by atoms with E-state index in [1.165, 1.54) is 18.0 Å². The van der Waals surface area contributed by atoms with Gasteiger partial charge >= 0.3 is 0 Å². The number of fused-ring (bicyclic) bond motifs is 1. The molecule has 0 aliphatic carbocycles. The first-order valence-corrected chi connectivity index (χ1v) is 12.3. The van der Waals surface area contributed by atoms with E-state index < -0.39 is 5.82 Å². The van der Waals surface area contributed by atoms with Crippen LogP contribution in [0.1, 0.15) is 11.6 Å². The van der Waals surface area contributed by atoms with E-state index in [1.807, 2.05) is 12.3 Å². The Kier molecular flexibility index (Phi) is 6.20. The number of methoxy groups -OCH3 is 1. The Hall–Kier alpha value is -3.63. The van der Waals surface area contributed by atoms with Gasteiger partial charge < -0.3 is 24.6 Å². The van der Waals surface area contributed by atoms with Crippen molar-refractivity contribution in [2.75, 3.05) is 69.5 Å². The molecule has 1 N–H and O–H groups in total. The van der Waals surface area contributed by atoms with E-state index in [4.69, 9.17) is 14.5 Å². The van der Waals surface area contributed by atoms with Gasteiger partial charge in [0.1, 0.15) is 11.7 Å². The maximum atomic E-state index is 14.1. The van der Waals surface area contributed by atoms with Crippen molar-refractivity contribution in [1.82, 2.24) is 20.2 Å². The van der Waals surface area contributed by atoms with Gasteiger partial charge in [-0.05, 0) is 42.5 Å². The number of aliphatic imine (C=N–C) groups is 1. The molecule has 2 aromatic rings. The van der Waals surface area contributed by atoms with Crippen molar-refractivity contribution in [3.8, 4) is 5.88 Å². The molecule has 1 aromatic carbocycles. The Morgan fingerprint density at radius 2 is 1.92 bits per heavy atom. The second-order valence-electron chi connectivity index (χ2n) is 9.06. The summed E-state index contributed by atoms with van der Waals surface area (Å²) >= 11 is 0. The highest BCUT2D eigenvalue weighted by atomic mass is 19.1. The number of amidine groups is 1.